The lowest BCUT2D eigenvalue weighted by Gasteiger charge is -2.14. The van der Waals surface area contributed by atoms with Crippen LogP contribution < -0.4 is 20.9 Å². The van der Waals surface area contributed by atoms with E-state index in [1.165, 1.54) is 35.0 Å². The Bertz CT molecular complexity index is 1780. The second-order valence-corrected chi connectivity index (χ2v) is 9.73. The molecule has 208 valence electrons. The maximum Gasteiger partial charge on any atom is 0.278 e. The monoisotopic (exact) mass is 592 g/mol. The lowest BCUT2D eigenvalue weighted by atomic mass is 10.1. The molecule has 1 amide bonds. The van der Waals surface area contributed by atoms with Crippen LogP contribution in [0, 0.1) is 5.82 Å². The molecular formula is C29H23Cl2FN6O3. The number of methoxy groups -OCH3 is 1. The fourth-order valence-electron chi connectivity index (χ4n) is 4.08. The quantitative estimate of drug-likeness (QED) is 0.237. The number of hydrogen-bond acceptors (Lipinski definition) is 7. The number of aromatic nitrogens is 4. The van der Waals surface area contributed by atoms with Gasteiger partial charge in [0, 0.05) is 30.8 Å². The highest BCUT2D eigenvalue weighted by molar-refractivity contribution is 6.42. The van der Waals surface area contributed by atoms with Gasteiger partial charge in [-0.1, -0.05) is 29.3 Å². The van der Waals surface area contributed by atoms with Crippen molar-refractivity contribution in [1.82, 2.24) is 24.8 Å². The van der Waals surface area contributed by atoms with Gasteiger partial charge in [-0.25, -0.2) is 14.4 Å². The third-order valence-electron chi connectivity index (χ3n) is 6.21. The predicted octanol–water partition coefficient (Wildman–Crippen LogP) is 5.35. The maximum atomic E-state index is 13.7. The molecule has 5 aromatic rings. The molecule has 0 fully saturated rings. The molecule has 2 aromatic heterocycles. The van der Waals surface area contributed by atoms with Gasteiger partial charge in [-0.3, -0.25) is 14.2 Å². The summed E-state index contributed by atoms with van der Waals surface area (Å²) < 4.78 is 19.9. The number of rotatable bonds is 9. The van der Waals surface area contributed by atoms with Crippen LogP contribution in [-0.4, -0.2) is 39.1 Å². The van der Waals surface area contributed by atoms with Crippen molar-refractivity contribution in [1.29, 1.82) is 0 Å². The highest BCUT2D eigenvalue weighted by atomic mass is 35.5. The van der Waals surface area contributed by atoms with Gasteiger partial charge in [-0.2, -0.15) is 4.98 Å². The molecule has 2 heterocycles. The molecule has 3 aromatic carbocycles. The summed E-state index contributed by atoms with van der Waals surface area (Å²) in [7, 11) is 1.56. The van der Waals surface area contributed by atoms with Gasteiger partial charge in [-0.15, -0.1) is 0 Å². The molecule has 0 saturated heterocycles. The Morgan fingerprint density at radius 3 is 2.46 bits per heavy atom. The first-order chi connectivity index (χ1) is 19.8. The topological polar surface area (TPSA) is 111 Å². The lowest BCUT2D eigenvalue weighted by Crippen LogP contribution is -2.32. The molecule has 0 spiro atoms. The number of carbonyl (C=O) groups excluding carboxylic acids is 1. The van der Waals surface area contributed by atoms with Crippen LogP contribution in [0.4, 0.5) is 10.3 Å². The number of halogens is 3. The Balaban J connectivity index is 1.46. The van der Waals surface area contributed by atoms with Crippen LogP contribution in [0.3, 0.4) is 0 Å². The number of amides is 1. The highest BCUT2D eigenvalue weighted by Crippen LogP contribution is 2.23. The first kappa shape index (κ1) is 28.0. The van der Waals surface area contributed by atoms with Crippen LogP contribution in [0.15, 0.2) is 77.7 Å². The van der Waals surface area contributed by atoms with E-state index in [1.54, 1.807) is 43.5 Å². The summed E-state index contributed by atoms with van der Waals surface area (Å²) in [6.45, 7) is 0.558. The van der Waals surface area contributed by atoms with E-state index < -0.39 is 17.3 Å². The van der Waals surface area contributed by atoms with E-state index in [1.807, 2.05) is 6.07 Å². The van der Waals surface area contributed by atoms with Gasteiger partial charge in [0.05, 0.1) is 23.4 Å². The predicted molar refractivity (Wildman–Crippen MR) is 156 cm³/mol. The Labute approximate surface area is 244 Å². The fraction of sp³-hybridized carbons (Fsp3) is 0.138. The van der Waals surface area contributed by atoms with Crippen molar-refractivity contribution in [2.75, 3.05) is 19.0 Å². The molecule has 2 N–H and O–H groups in total. The number of nitrogens with zero attached hydrogens (tertiary/aromatic N) is 4. The van der Waals surface area contributed by atoms with Crippen molar-refractivity contribution < 1.29 is 13.9 Å². The van der Waals surface area contributed by atoms with Crippen molar-refractivity contribution in [2.24, 2.45) is 0 Å². The van der Waals surface area contributed by atoms with Crippen LogP contribution in [-0.2, 0) is 13.1 Å². The van der Waals surface area contributed by atoms with Crippen molar-refractivity contribution >= 4 is 46.2 Å². The van der Waals surface area contributed by atoms with Crippen LogP contribution in [0.2, 0.25) is 10.0 Å². The van der Waals surface area contributed by atoms with E-state index in [9.17, 15) is 14.0 Å². The van der Waals surface area contributed by atoms with Crippen LogP contribution in [0.1, 0.15) is 15.9 Å². The third kappa shape index (κ3) is 6.45. The third-order valence-corrected chi connectivity index (χ3v) is 6.95. The first-order valence-electron chi connectivity index (χ1n) is 12.5. The van der Waals surface area contributed by atoms with Gasteiger partial charge in [0.15, 0.2) is 5.65 Å². The zero-order valence-corrected chi connectivity index (χ0v) is 23.2. The molecular weight excluding hydrogens is 570 g/mol. The Hall–Kier alpha value is -4.54. The smallest absolute Gasteiger partial charge is 0.278 e. The molecule has 12 heteroatoms. The number of hydrogen-bond donors (Lipinski definition) is 2. The molecule has 0 aliphatic carbocycles. The maximum absolute atomic E-state index is 13.7. The molecule has 5 rings (SSSR count). The fourth-order valence-corrected chi connectivity index (χ4v) is 4.40. The number of nitrogens with one attached hydrogen (secondary N) is 2. The van der Waals surface area contributed by atoms with Gasteiger partial charge in [0.1, 0.15) is 22.8 Å². The number of fused-ring (bicyclic) bond motifs is 1. The number of ether oxygens (including phenoxy) is 1. The standard InChI is InChI=1S/C29H23Cl2FN6O3/c1-41-21-9-5-18(6-10-21)25-28(40)38(13-12-33-27(39)19-3-7-20(32)8-4-19)26-24(36-25)16-35-29(37-26)34-15-17-2-11-22(30)23(31)14-17/h2-11,14,16H,12-13,15H2,1H3,(H,33,39)(H,34,35,37). The molecule has 41 heavy (non-hydrogen) atoms. The summed E-state index contributed by atoms with van der Waals surface area (Å²) in [6, 6.07) is 17.4. The number of carbonyl (C=O) groups is 1. The average molecular weight is 593 g/mol. The van der Waals surface area contributed by atoms with E-state index >= 15 is 0 Å². The summed E-state index contributed by atoms with van der Waals surface area (Å²) in [6.07, 6.45) is 1.53. The van der Waals surface area contributed by atoms with Crippen molar-refractivity contribution in [3.05, 3.63) is 110 Å². The second-order valence-electron chi connectivity index (χ2n) is 8.91. The first-order valence-corrected chi connectivity index (χ1v) is 13.2. The lowest BCUT2D eigenvalue weighted by molar-refractivity contribution is 0.0952. The Morgan fingerprint density at radius 1 is 1.00 bits per heavy atom. The SMILES string of the molecule is COc1ccc(-c2nc3cnc(NCc4ccc(Cl)c(Cl)c4)nc3n(CCNC(=O)c3ccc(F)cc3)c2=O)cc1. The average Bonchev–Trinajstić information content (AvgIpc) is 2.99. The summed E-state index contributed by atoms with van der Waals surface area (Å²) in [5.74, 6) is 0.0709. The largest absolute Gasteiger partial charge is 0.497 e. The Morgan fingerprint density at radius 2 is 1.76 bits per heavy atom. The van der Waals surface area contributed by atoms with Gasteiger partial charge in [0.25, 0.3) is 11.5 Å². The summed E-state index contributed by atoms with van der Waals surface area (Å²) in [5, 5.41) is 6.77. The minimum Gasteiger partial charge on any atom is -0.497 e. The van der Waals surface area contributed by atoms with Gasteiger partial charge >= 0.3 is 0 Å². The van der Waals surface area contributed by atoms with Crippen LogP contribution >= 0.6 is 23.2 Å². The number of benzene rings is 3. The minimum absolute atomic E-state index is 0.0944. The molecule has 9 nitrogen and oxygen atoms in total. The molecule has 0 radical (unpaired) electrons. The van der Waals surface area contributed by atoms with Crippen molar-refractivity contribution in [2.45, 2.75) is 13.1 Å². The second kappa shape index (κ2) is 12.3. The van der Waals surface area contributed by atoms with E-state index in [4.69, 9.17) is 27.9 Å². The zero-order valence-electron chi connectivity index (χ0n) is 21.7. The Kier molecular flexibility index (Phi) is 8.42. The molecule has 0 saturated carbocycles. The van der Waals surface area contributed by atoms with E-state index in [-0.39, 0.29) is 30.4 Å². The van der Waals surface area contributed by atoms with Crippen molar-refractivity contribution in [3.63, 3.8) is 0 Å². The van der Waals surface area contributed by atoms with Crippen LogP contribution in [0.25, 0.3) is 22.4 Å². The van der Waals surface area contributed by atoms with Gasteiger partial charge in [0.2, 0.25) is 5.95 Å². The number of anilines is 1. The van der Waals surface area contributed by atoms with Gasteiger partial charge in [-0.05, 0) is 66.2 Å². The summed E-state index contributed by atoms with van der Waals surface area (Å²) in [5.41, 5.74) is 2.22. The molecule has 0 atom stereocenters. The molecule has 0 bridgehead atoms. The summed E-state index contributed by atoms with van der Waals surface area (Å²) >= 11 is 12.1. The molecule has 0 aliphatic heterocycles. The minimum atomic E-state index is -0.439. The highest BCUT2D eigenvalue weighted by Gasteiger charge is 2.16. The van der Waals surface area contributed by atoms with Crippen molar-refractivity contribution in [3.8, 4) is 17.0 Å². The van der Waals surface area contributed by atoms with Gasteiger partial charge < -0.3 is 15.4 Å². The van der Waals surface area contributed by atoms with E-state index in [0.29, 0.717) is 39.0 Å². The molecule has 0 aliphatic rings. The van der Waals surface area contributed by atoms with E-state index in [2.05, 4.69) is 25.6 Å². The summed E-state index contributed by atoms with van der Waals surface area (Å²) in [4.78, 5) is 39.7. The van der Waals surface area contributed by atoms with Crippen LogP contribution in [0.5, 0.6) is 5.75 Å². The van der Waals surface area contributed by atoms with E-state index in [0.717, 1.165) is 5.56 Å². The molecule has 0 unspecified atom stereocenters. The zero-order chi connectivity index (χ0) is 28.9. The normalized spacial score (nSPS) is 10.9.